The van der Waals surface area contributed by atoms with Crippen molar-refractivity contribution in [2.45, 2.75) is 25.3 Å². The molecule has 1 unspecified atom stereocenters. The van der Waals surface area contributed by atoms with Crippen LogP contribution in [0.2, 0.25) is 0 Å². The maximum Gasteiger partial charge on any atom is 0.254 e. The van der Waals surface area contributed by atoms with Crippen molar-refractivity contribution >= 4 is 22.7 Å². The van der Waals surface area contributed by atoms with E-state index in [1.54, 1.807) is 24.5 Å². The summed E-state index contributed by atoms with van der Waals surface area (Å²) in [7, 11) is 0. The molecule has 1 saturated heterocycles. The second-order valence-electron chi connectivity index (χ2n) is 7.87. The zero-order valence-electron chi connectivity index (χ0n) is 15.5. The Labute approximate surface area is 163 Å². The molecule has 1 aliphatic heterocycles. The third kappa shape index (κ3) is 2.85. The van der Waals surface area contributed by atoms with Gasteiger partial charge >= 0.3 is 0 Å². The van der Waals surface area contributed by atoms with Crippen molar-refractivity contribution in [1.29, 1.82) is 0 Å². The Hall–Kier alpha value is -3.15. The van der Waals surface area contributed by atoms with E-state index < -0.39 is 0 Å². The van der Waals surface area contributed by atoms with E-state index in [1.807, 2.05) is 35.4 Å². The van der Waals surface area contributed by atoms with Crippen molar-refractivity contribution in [3.63, 3.8) is 0 Å². The van der Waals surface area contributed by atoms with Gasteiger partial charge in [-0.2, -0.15) is 0 Å². The standard InChI is InChI=1S/C22H22N4O2/c27-20(15-4-9-23-10-5-15)25-19-14-22(19)7-12-26(13-8-22)21(28)17-2-1-3-18-16(17)6-11-24-18/h1-6,9-11,19,24H,7-8,12-14H2,(H,25,27). The quantitative estimate of drug-likeness (QED) is 0.740. The smallest absolute Gasteiger partial charge is 0.254 e. The maximum absolute atomic E-state index is 13.0. The summed E-state index contributed by atoms with van der Waals surface area (Å²) in [5.41, 5.74) is 2.54. The lowest BCUT2D eigenvalue weighted by molar-refractivity contribution is 0.0670. The molecule has 0 bridgehead atoms. The van der Waals surface area contributed by atoms with Crippen LogP contribution in [-0.4, -0.2) is 45.8 Å². The summed E-state index contributed by atoms with van der Waals surface area (Å²) in [4.78, 5) is 34.5. The van der Waals surface area contributed by atoms with Crippen LogP contribution in [0.4, 0.5) is 0 Å². The van der Waals surface area contributed by atoms with E-state index >= 15 is 0 Å². The fourth-order valence-electron chi connectivity index (χ4n) is 4.45. The highest BCUT2D eigenvalue weighted by Crippen LogP contribution is 2.54. The predicted molar refractivity (Wildman–Crippen MR) is 106 cm³/mol. The van der Waals surface area contributed by atoms with Crippen LogP contribution in [0.15, 0.2) is 55.0 Å². The molecule has 0 radical (unpaired) electrons. The number of fused-ring (bicyclic) bond motifs is 1. The summed E-state index contributed by atoms with van der Waals surface area (Å²) in [6.45, 7) is 1.47. The summed E-state index contributed by atoms with van der Waals surface area (Å²) < 4.78 is 0. The first-order valence-corrected chi connectivity index (χ1v) is 9.73. The highest BCUT2D eigenvalue weighted by molar-refractivity contribution is 6.06. The highest BCUT2D eigenvalue weighted by atomic mass is 16.2. The van der Waals surface area contributed by atoms with Crippen molar-refractivity contribution in [3.8, 4) is 0 Å². The average molecular weight is 374 g/mol. The van der Waals surface area contributed by atoms with Crippen LogP contribution >= 0.6 is 0 Å². The van der Waals surface area contributed by atoms with Gasteiger partial charge in [-0.1, -0.05) is 6.07 Å². The van der Waals surface area contributed by atoms with Gasteiger partial charge in [0, 0.05) is 59.8 Å². The van der Waals surface area contributed by atoms with Gasteiger partial charge in [0.05, 0.1) is 0 Å². The van der Waals surface area contributed by atoms with E-state index in [4.69, 9.17) is 0 Å². The first kappa shape index (κ1) is 17.0. The zero-order valence-corrected chi connectivity index (χ0v) is 15.5. The molecule has 5 rings (SSSR count). The van der Waals surface area contributed by atoms with Crippen molar-refractivity contribution in [3.05, 3.63) is 66.1 Å². The predicted octanol–water partition coefficient (Wildman–Crippen LogP) is 2.99. The molecule has 2 N–H and O–H groups in total. The van der Waals surface area contributed by atoms with E-state index in [0.29, 0.717) is 5.56 Å². The lowest BCUT2D eigenvalue weighted by Crippen LogP contribution is -2.41. The number of rotatable bonds is 3. The third-order valence-electron chi connectivity index (χ3n) is 6.31. The molecule has 142 valence electrons. The molecule has 1 saturated carbocycles. The molecule has 2 aromatic heterocycles. The van der Waals surface area contributed by atoms with E-state index in [1.165, 1.54) is 0 Å². The van der Waals surface area contributed by atoms with Crippen molar-refractivity contribution < 1.29 is 9.59 Å². The molecule has 1 aromatic carbocycles. The normalized spacial score (nSPS) is 20.3. The Morgan fingerprint density at radius 3 is 2.68 bits per heavy atom. The molecule has 6 heteroatoms. The number of hydrogen-bond acceptors (Lipinski definition) is 3. The lowest BCUT2D eigenvalue weighted by Gasteiger charge is -2.33. The number of piperidine rings is 1. The van der Waals surface area contributed by atoms with Crippen LogP contribution in [-0.2, 0) is 0 Å². The number of amides is 2. The molecule has 1 spiro atoms. The summed E-state index contributed by atoms with van der Waals surface area (Å²) in [6, 6.07) is 11.4. The Balaban J connectivity index is 1.22. The number of carbonyl (C=O) groups excluding carboxylic acids is 2. The van der Waals surface area contributed by atoms with E-state index in [9.17, 15) is 9.59 Å². The molecule has 2 aliphatic rings. The second-order valence-corrected chi connectivity index (χ2v) is 7.87. The molecule has 1 atom stereocenters. The van der Waals surface area contributed by atoms with Crippen LogP contribution in [0.3, 0.4) is 0 Å². The van der Waals surface area contributed by atoms with E-state index in [0.717, 1.165) is 48.8 Å². The number of nitrogens with zero attached hydrogens (tertiary/aromatic N) is 2. The first-order valence-electron chi connectivity index (χ1n) is 9.73. The summed E-state index contributed by atoms with van der Waals surface area (Å²) in [5, 5.41) is 4.13. The lowest BCUT2D eigenvalue weighted by atomic mass is 9.92. The molecule has 28 heavy (non-hydrogen) atoms. The van der Waals surface area contributed by atoms with Crippen LogP contribution in [0.5, 0.6) is 0 Å². The van der Waals surface area contributed by atoms with Gasteiger partial charge in [-0.25, -0.2) is 0 Å². The van der Waals surface area contributed by atoms with Gasteiger partial charge in [-0.05, 0) is 55.0 Å². The molecule has 3 aromatic rings. The Kier molecular flexibility index (Phi) is 3.93. The van der Waals surface area contributed by atoms with Crippen LogP contribution < -0.4 is 5.32 Å². The maximum atomic E-state index is 13.0. The fraction of sp³-hybridized carbons (Fsp3) is 0.318. The third-order valence-corrected chi connectivity index (χ3v) is 6.31. The van der Waals surface area contributed by atoms with Gasteiger partial charge in [-0.3, -0.25) is 14.6 Å². The number of pyridine rings is 1. The van der Waals surface area contributed by atoms with Crippen molar-refractivity contribution in [2.24, 2.45) is 5.41 Å². The fourth-order valence-corrected chi connectivity index (χ4v) is 4.45. The molecule has 3 heterocycles. The van der Waals surface area contributed by atoms with Gasteiger partial charge in [0.15, 0.2) is 0 Å². The SMILES string of the molecule is O=C(NC1CC12CCN(C(=O)c1cccc3[nH]ccc13)CC2)c1ccncc1. The van der Waals surface area contributed by atoms with Crippen LogP contribution in [0, 0.1) is 5.41 Å². The van der Waals surface area contributed by atoms with Gasteiger partial charge in [0.2, 0.25) is 0 Å². The second kappa shape index (κ2) is 6.48. The molecule has 1 aliphatic carbocycles. The van der Waals surface area contributed by atoms with Crippen molar-refractivity contribution in [2.75, 3.05) is 13.1 Å². The van der Waals surface area contributed by atoms with Crippen LogP contribution in [0.1, 0.15) is 40.0 Å². The number of aromatic amines is 1. The van der Waals surface area contributed by atoms with Gasteiger partial charge < -0.3 is 15.2 Å². The number of hydrogen-bond donors (Lipinski definition) is 2. The largest absolute Gasteiger partial charge is 0.361 e. The topological polar surface area (TPSA) is 78.1 Å². The number of H-pyrrole nitrogens is 1. The number of benzene rings is 1. The number of aromatic nitrogens is 2. The molecule has 2 amide bonds. The minimum atomic E-state index is -0.0399. The summed E-state index contributed by atoms with van der Waals surface area (Å²) >= 11 is 0. The Morgan fingerprint density at radius 2 is 1.89 bits per heavy atom. The number of nitrogens with one attached hydrogen (secondary N) is 2. The average Bonchev–Trinajstić information content (AvgIpc) is 3.15. The monoisotopic (exact) mass is 374 g/mol. The molecule has 2 fully saturated rings. The van der Waals surface area contributed by atoms with Gasteiger partial charge in [-0.15, -0.1) is 0 Å². The molecular weight excluding hydrogens is 352 g/mol. The number of carbonyl (C=O) groups is 2. The zero-order chi connectivity index (χ0) is 19.1. The molecule has 6 nitrogen and oxygen atoms in total. The number of likely N-dealkylation sites (tertiary alicyclic amines) is 1. The van der Waals surface area contributed by atoms with Gasteiger partial charge in [0.1, 0.15) is 0 Å². The van der Waals surface area contributed by atoms with Crippen LogP contribution in [0.25, 0.3) is 10.9 Å². The van der Waals surface area contributed by atoms with E-state index in [2.05, 4.69) is 15.3 Å². The Morgan fingerprint density at radius 1 is 1.11 bits per heavy atom. The first-order chi connectivity index (χ1) is 13.7. The minimum absolute atomic E-state index is 0.0399. The summed E-state index contributed by atoms with van der Waals surface area (Å²) in [6.07, 6.45) is 8.00. The van der Waals surface area contributed by atoms with Crippen molar-refractivity contribution in [1.82, 2.24) is 20.2 Å². The van der Waals surface area contributed by atoms with E-state index in [-0.39, 0.29) is 23.3 Å². The minimum Gasteiger partial charge on any atom is -0.361 e. The van der Waals surface area contributed by atoms with Gasteiger partial charge in [0.25, 0.3) is 11.8 Å². The summed E-state index contributed by atoms with van der Waals surface area (Å²) in [5.74, 6) is 0.0555. The molecular formula is C22H22N4O2. The highest BCUT2D eigenvalue weighted by Gasteiger charge is 2.56. The Bertz CT molecular complexity index is 1030.